The lowest BCUT2D eigenvalue weighted by Crippen LogP contribution is -2.60. The minimum atomic E-state index is -1.77. The van der Waals surface area contributed by atoms with Gasteiger partial charge in [0.15, 0.2) is 25.2 Å². The van der Waals surface area contributed by atoms with E-state index in [1.807, 2.05) is 0 Å². The lowest BCUT2D eigenvalue weighted by molar-refractivity contribution is -0.316. The van der Waals surface area contributed by atoms with Crippen molar-refractivity contribution in [3.63, 3.8) is 0 Å². The van der Waals surface area contributed by atoms with Crippen molar-refractivity contribution in [3.8, 4) is 0 Å². The molecule has 5 fully saturated rings. The monoisotopic (exact) mass is 1440 g/mol. The number of cyclic esters (lactones) is 2. The maximum absolute atomic E-state index is 13.6. The van der Waals surface area contributed by atoms with Crippen LogP contribution in [0.1, 0.15) is 258 Å². The maximum Gasteiger partial charge on any atom is 0.308 e. The molecule has 5 aliphatic rings. The van der Waals surface area contributed by atoms with Crippen LogP contribution in [0, 0.1) is 0 Å². The van der Waals surface area contributed by atoms with Gasteiger partial charge < -0.3 is 129 Å². The van der Waals surface area contributed by atoms with Gasteiger partial charge in [0, 0.05) is 0 Å². The van der Waals surface area contributed by atoms with Gasteiger partial charge in [-0.1, -0.05) is 180 Å². The Morgan fingerprint density at radius 3 is 0.900 bits per heavy atom. The van der Waals surface area contributed by atoms with E-state index in [2.05, 4.69) is 0 Å². The molecule has 0 amide bonds. The molecule has 16 N–H and O–H groups in total. The second-order valence-electron chi connectivity index (χ2n) is 29.1. The van der Waals surface area contributed by atoms with E-state index in [0.29, 0.717) is 57.8 Å². The number of aliphatic hydroxyl groups excluding tert-OH is 16. The largest absolute Gasteiger partial charge is 0.463 e. The molecular weight excluding hydrogens is 1310 g/mol. The van der Waals surface area contributed by atoms with Gasteiger partial charge >= 0.3 is 11.9 Å². The molecule has 0 saturated carbocycles. The second kappa shape index (κ2) is 49.8. The van der Waals surface area contributed by atoms with Gasteiger partial charge in [0.2, 0.25) is 0 Å². The second-order valence-corrected chi connectivity index (χ2v) is 29.1. The molecule has 28 nitrogen and oxygen atoms in total. The molecule has 100 heavy (non-hydrogen) atoms. The van der Waals surface area contributed by atoms with Crippen LogP contribution in [0.15, 0.2) is 0 Å². The quantitative estimate of drug-likeness (QED) is 0.0307. The van der Waals surface area contributed by atoms with E-state index in [4.69, 9.17) is 47.4 Å². The summed E-state index contributed by atoms with van der Waals surface area (Å²) < 4.78 is 59.0. The Labute approximate surface area is 592 Å². The van der Waals surface area contributed by atoms with Gasteiger partial charge in [0.05, 0.1) is 62.7 Å². The SMILES string of the molecule is CC(O)CCCCCCCC(CCCCCCCCCCCC1CC(=O)OC[C@H]2O[C@@H](OC(CCCCCCCCCCCCCC(CCCCCC(C)O)O[C@@H]3O[C@H](CO)[C@@H](O)[C@H](O)[C@H]3O)CC(=O)OC[C@H]3O[C@@H](O1)[C@H](O)[C@@H](O)[C@@H]3O)[C@H](O)[C@@H](O)[C@@H]2O)O[C@@H]1O[C@H](CO)[C@@H](O)[C@H](O)[C@H]1O. The third-order valence-corrected chi connectivity index (χ3v) is 20.3. The van der Waals surface area contributed by atoms with E-state index in [0.717, 1.165) is 173 Å². The van der Waals surface area contributed by atoms with Crippen LogP contribution in [0.5, 0.6) is 0 Å². The summed E-state index contributed by atoms with van der Waals surface area (Å²) in [5.74, 6) is -1.56. The zero-order chi connectivity index (χ0) is 72.9. The van der Waals surface area contributed by atoms with E-state index < -0.39 is 173 Å². The predicted molar refractivity (Wildman–Crippen MR) is 361 cm³/mol. The van der Waals surface area contributed by atoms with Gasteiger partial charge in [0.25, 0.3) is 0 Å². The molecular formula is C72H132O28. The molecule has 4 bridgehead atoms. The van der Waals surface area contributed by atoms with Crippen LogP contribution in [-0.2, 0) is 57.0 Å². The molecule has 0 aromatic heterocycles. The summed E-state index contributed by atoms with van der Waals surface area (Å²) in [7, 11) is 0. The first-order valence-corrected chi connectivity index (χ1v) is 38.3. The number of hydrogen-bond acceptors (Lipinski definition) is 28. The number of ether oxygens (including phenoxy) is 10. The molecule has 6 unspecified atom stereocenters. The standard InChI is InChI=1S/C72H132O28/c1-45(75)31-23-16-15-21-27-35-47(93-69-65(87)61(83)57(79)51(41-73)97-69)33-25-18-12-9-6-10-14-20-29-38-50-40-56(78)92-44-53-59(81)63(85)67(89)71(99-53)95-49(39-55(77)91-43-54-60(82)64(86)68(90)72(96-50)100-54)37-28-19-13-8-5-3-4-7-11-17-26-34-48(36-30-22-24-32-46(2)76)94-70-66(88)62(84)58(80)52(42-74)98-70/h45-54,57-76,79-90H,3-44H2,1-2H3/t45?,46?,47?,48?,49?,50?,51-,52-,53-,54-,57-,58-,59-,60-,61+,62+,63+,64+,65-,66-,67-,68-,69-,70-,71-,72-/m1/s1. The highest BCUT2D eigenvalue weighted by molar-refractivity contribution is 5.70. The number of fused-ring (bicyclic) bond motifs is 4. The van der Waals surface area contributed by atoms with E-state index in [-0.39, 0.29) is 37.3 Å². The van der Waals surface area contributed by atoms with E-state index in [1.165, 1.54) is 0 Å². The molecule has 5 aliphatic heterocycles. The summed E-state index contributed by atoms with van der Waals surface area (Å²) in [6, 6.07) is 0. The van der Waals surface area contributed by atoms with Crippen molar-refractivity contribution in [1.29, 1.82) is 0 Å². The van der Waals surface area contributed by atoms with Gasteiger partial charge in [0.1, 0.15) is 111 Å². The molecule has 5 heterocycles. The minimum Gasteiger partial charge on any atom is -0.463 e. The fourth-order valence-corrected chi connectivity index (χ4v) is 13.9. The summed E-state index contributed by atoms with van der Waals surface area (Å²) in [4.78, 5) is 27.1. The summed E-state index contributed by atoms with van der Waals surface area (Å²) in [5, 5.41) is 167. The Morgan fingerprint density at radius 2 is 0.600 bits per heavy atom. The number of rotatable bonds is 46. The summed E-state index contributed by atoms with van der Waals surface area (Å²) in [6.07, 6.45) is -2.97. The summed E-state index contributed by atoms with van der Waals surface area (Å²) in [5.41, 5.74) is 0. The first-order valence-electron chi connectivity index (χ1n) is 38.3. The molecule has 28 heteroatoms. The van der Waals surface area contributed by atoms with Crippen LogP contribution in [-0.4, -0.2) is 280 Å². The lowest BCUT2D eigenvalue weighted by Gasteiger charge is -2.42. The molecule has 0 aromatic rings. The number of aliphatic hydroxyl groups is 16. The first-order chi connectivity index (χ1) is 48.0. The molecule has 0 radical (unpaired) electrons. The average Bonchev–Trinajstić information content (AvgIpc) is 0.835. The fraction of sp³-hybridized carbons (Fsp3) is 0.972. The highest BCUT2D eigenvalue weighted by atomic mass is 16.7. The first kappa shape index (κ1) is 88.6. The van der Waals surface area contributed by atoms with E-state index in [1.54, 1.807) is 13.8 Å². The fourth-order valence-electron chi connectivity index (χ4n) is 13.9. The van der Waals surface area contributed by atoms with Gasteiger partial charge in [-0.2, -0.15) is 0 Å². The van der Waals surface area contributed by atoms with Crippen molar-refractivity contribution in [2.45, 2.75) is 417 Å². The molecule has 0 aromatic carbocycles. The van der Waals surface area contributed by atoms with Gasteiger partial charge in [-0.05, 0) is 65.2 Å². The highest BCUT2D eigenvalue weighted by Gasteiger charge is 2.49. The normalized spacial score (nSPS) is 34.7. The Hall–Kier alpha value is -2.02. The van der Waals surface area contributed by atoms with E-state index in [9.17, 15) is 91.3 Å². The third-order valence-electron chi connectivity index (χ3n) is 20.3. The van der Waals surface area contributed by atoms with Crippen LogP contribution in [0.4, 0.5) is 0 Å². The van der Waals surface area contributed by atoms with Crippen LogP contribution in [0.2, 0.25) is 0 Å². The van der Waals surface area contributed by atoms with Crippen molar-refractivity contribution in [2.75, 3.05) is 26.4 Å². The van der Waals surface area contributed by atoms with Gasteiger partial charge in [-0.15, -0.1) is 0 Å². The third kappa shape index (κ3) is 32.2. The highest BCUT2D eigenvalue weighted by Crippen LogP contribution is 2.32. The topological polar surface area (TPSA) is 450 Å². The smallest absolute Gasteiger partial charge is 0.308 e. The zero-order valence-electron chi connectivity index (χ0n) is 59.8. The van der Waals surface area contributed by atoms with Crippen LogP contribution in [0.3, 0.4) is 0 Å². The summed E-state index contributed by atoms with van der Waals surface area (Å²) in [6.45, 7) is 1.36. The molecule has 5 rings (SSSR count). The van der Waals surface area contributed by atoms with Crippen LogP contribution >= 0.6 is 0 Å². The van der Waals surface area contributed by atoms with Gasteiger partial charge in [-0.3, -0.25) is 9.59 Å². The predicted octanol–water partition coefficient (Wildman–Crippen LogP) is 3.43. The number of unbranched alkanes of at least 4 members (excludes halogenated alkanes) is 24. The van der Waals surface area contributed by atoms with Crippen molar-refractivity contribution in [3.05, 3.63) is 0 Å². The van der Waals surface area contributed by atoms with E-state index >= 15 is 0 Å². The molecule has 0 spiro atoms. The van der Waals surface area contributed by atoms with Crippen molar-refractivity contribution < 1.29 is 139 Å². The maximum atomic E-state index is 13.6. The number of esters is 2. The Balaban J connectivity index is 1.03. The lowest BCUT2D eigenvalue weighted by atomic mass is 9.98. The number of hydrogen-bond donors (Lipinski definition) is 16. The molecule has 0 aliphatic carbocycles. The Kier molecular flexibility index (Phi) is 44.1. The van der Waals surface area contributed by atoms with Gasteiger partial charge in [-0.25, -0.2) is 0 Å². The number of carbonyl (C=O) groups is 2. The van der Waals surface area contributed by atoms with Crippen molar-refractivity contribution in [2.24, 2.45) is 0 Å². The Morgan fingerprint density at radius 1 is 0.330 bits per heavy atom. The van der Waals surface area contributed by atoms with Crippen molar-refractivity contribution >= 4 is 11.9 Å². The minimum absolute atomic E-state index is 0.265. The zero-order valence-corrected chi connectivity index (χ0v) is 59.8. The molecule has 5 saturated heterocycles. The summed E-state index contributed by atoms with van der Waals surface area (Å²) >= 11 is 0. The van der Waals surface area contributed by atoms with Crippen LogP contribution < -0.4 is 0 Å². The van der Waals surface area contributed by atoms with Crippen molar-refractivity contribution in [1.82, 2.24) is 0 Å². The molecule has 26 atom stereocenters. The average molecular weight is 1450 g/mol. The molecule has 588 valence electrons. The van der Waals surface area contributed by atoms with Crippen LogP contribution in [0.25, 0.3) is 0 Å². The number of carbonyl (C=O) groups excluding carboxylic acids is 2. The Bertz CT molecular complexity index is 2100.